The Morgan fingerprint density at radius 2 is 2.44 bits per heavy atom. The normalized spacial score (nSPS) is 11.3. The maximum Gasteiger partial charge on any atom is 0.328 e. The number of amides is 1. The Balaban J connectivity index is 2.59. The first kappa shape index (κ1) is 13.8. The standard InChI is InChI=1S/C12H15N3O3/c1-3-4-5-11(16)15-10(12(17)18-2)6-9-7-13-8-14-9/h1,7-8,10H,4-6H2,2H3,(H,13,14)(H,15,16)/t10-/m0/s1. The number of methoxy groups -OCH3 is 1. The third-order valence-corrected chi connectivity index (χ3v) is 2.30. The number of H-pyrrole nitrogens is 1. The zero-order valence-corrected chi connectivity index (χ0v) is 10.1. The second kappa shape index (κ2) is 7.12. The zero-order valence-electron chi connectivity index (χ0n) is 10.1. The van der Waals surface area contributed by atoms with Crippen LogP contribution in [-0.4, -0.2) is 35.0 Å². The van der Waals surface area contributed by atoms with Crippen molar-refractivity contribution in [2.75, 3.05) is 7.11 Å². The first-order valence-electron chi connectivity index (χ1n) is 5.45. The van der Waals surface area contributed by atoms with Crippen molar-refractivity contribution in [1.82, 2.24) is 15.3 Å². The number of esters is 1. The monoisotopic (exact) mass is 249 g/mol. The van der Waals surface area contributed by atoms with Gasteiger partial charge in [-0.25, -0.2) is 9.78 Å². The van der Waals surface area contributed by atoms with Crippen LogP contribution in [0.1, 0.15) is 18.5 Å². The van der Waals surface area contributed by atoms with E-state index >= 15 is 0 Å². The highest BCUT2D eigenvalue weighted by Crippen LogP contribution is 2.01. The molecule has 1 aromatic rings. The molecule has 1 rings (SSSR count). The third kappa shape index (κ3) is 4.29. The number of hydrogen-bond acceptors (Lipinski definition) is 4. The van der Waals surface area contributed by atoms with Gasteiger partial charge in [-0.3, -0.25) is 4.79 Å². The van der Waals surface area contributed by atoms with Gasteiger partial charge in [-0.05, 0) is 0 Å². The van der Waals surface area contributed by atoms with Gasteiger partial charge in [0.1, 0.15) is 6.04 Å². The molecule has 0 saturated heterocycles. The molecule has 2 N–H and O–H groups in total. The van der Waals surface area contributed by atoms with Crippen LogP contribution >= 0.6 is 0 Å². The molecule has 0 fully saturated rings. The van der Waals surface area contributed by atoms with Crippen LogP contribution in [0, 0.1) is 12.3 Å². The Morgan fingerprint density at radius 3 is 3.00 bits per heavy atom. The van der Waals surface area contributed by atoms with Crippen LogP contribution in [0.2, 0.25) is 0 Å². The van der Waals surface area contributed by atoms with Gasteiger partial charge in [0.25, 0.3) is 0 Å². The fourth-order valence-corrected chi connectivity index (χ4v) is 1.40. The highest BCUT2D eigenvalue weighted by molar-refractivity contribution is 5.84. The number of aromatic amines is 1. The molecule has 0 aliphatic heterocycles. The maximum atomic E-state index is 11.5. The van der Waals surface area contributed by atoms with Gasteiger partial charge in [0.2, 0.25) is 5.91 Å². The maximum absolute atomic E-state index is 11.5. The van der Waals surface area contributed by atoms with E-state index in [9.17, 15) is 9.59 Å². The largest absolute Gasteiger partial charge is 0.467 e. The molecule has 1 heterocycles. The summed E-state index contributed by atoms with van der Waals surface area (Å²) >= 11 is 0. The van der Waals surface area contributed by atoms with Crippen LogP contribution in [0.5, 0.6) is 0 Å². The molecule has 1 aromatic heterocycles. The minimum atomic E-state index is -0.735. The number of ether oxygens (including phenoxy) is 1. The number of carbonyl (C=O) groups is 2. The average Bonchev–Trinajstić information content (AvgIpc) is 2.87. The molecule has 0 radical (unpaired) electrons. The Bertz CT molecular complexity index is 434. The molecular weight excluding hydrogens is 234 g/mol. The number of carbonyl (C=O) groups excluding carboxylic acids is 2. The lowest BCUT2D eigenvalue weighted by Gasteiger charge is -2.15. The van der Waals surface area contributed by atoms with Crippen molar-refractivity contribution >= 4 is 11.9 Å². The van der Waals surface area contributed by atoms with Gasteiger partial charge >= 0.3 is 5.97 Å². The molecule has 1 amide bonds. The number of nitrogens with one attached hydrogen (secondary N) is 2. The van der Waals surface area contributed by atoms with E-state index in [0.29, 0.717) is 12.8 Å². The van der Waals surface area contributed by atoms with E-state index in [2.05, 4.69) is 25.9 Å². The minimum absolute atomic E-state index is 0.187. The third-order valence-electron chi connectivity index (χ3n) is 2.30. The van der Waals surface area contributed by atoms with E-state index in [-0.39, 0.29) is 12.3 Å². The predicted octanol–water partition coefficient (Wildman–Crippen LogP) is 0.0234. The topological polar surface area (TPSA) is 84.1 Å². The van der Waals surface area contributed by atoms with Gasteiger partial charge in [0.15, 0.2) is 0 Å². The second-order valence-corrected chi connectivity index (χ2v) is 3.63. The van der Waals surface area contributed by atoms with Crippen molar-refractivity contribution in [2.24, 2.45) is 0 Å². The summed E-state index contributed by atoms with van der Waals surface area (Å²) in [5, 5.41) is 2.58. The molecule has 0 bridgehead atoms. The first-order valence-corrected chi connectivity index (χ1v) is 5.45. The number of rotatable bonds is 6. The summed E-state index contributed by atoms with van der Waals surface area (Å²) in [6, 6.07) is -0.735. The molecule has 0 aliphatic carbocycles. The van der Waals surface area contributed by atoms with E-state index < -0.39 is 12.0 Å². The Hall–Kier alpha value is -2.29. The van der Waals surface area contributed by atoms with Crippen molar-refractivity contribution in [3.8, 4) is 12.3 Å². The number of nitrogens with zero attached hydrogens (tertiary/aromatic N) is 1. The highest BCUT2D eigenvalue weighted by atomic mass is 16.5. The zero-order chi connectivity index (χ0) is 13.4. The molecular formula is C12H15N3O3. The Labute approximate surface area is 105 Å². The van der Waals surface area contributed by atoms with Gasteiger partial charge in [0, 0.05) is 31.2 Å². The van der Waals surface area contributed by atoms with Crippen molar-refractivity contribution in [3.05, 3.63) is 18.2 Å². The lowest BCUT2D eigenvalue weighted by atomic mass is 10.1. The van der Waals surface area contributed by atoms with Crippen LogP contribution in [0.25, 0.3) is 0 Å². The second-order valence-electron chi connectivity index (χ2n) is 3.63. The molecule has 0 unspecified atom stereocenters. The first-order chi connectivity index (χ1) is 8.67. The molecule has 1 atom stereocenters. The molecule has 6 nitrogen and oxygen atoms in total. The lowest BCUT2D eigenvalue weighted by molar-refractivity contribution is -0.145. The van der Waals surface area contributed by atoms with E-state index in [4.69, 9.17) is 6.42 Å². The van der Waals surface area contributed by atoms with E-state index in [1.807, 2.05) is 0 Å². The van der Waals surface area contributed by atoms with Gasteiger partial charge < -0.3 is 15.0 Å². The van der Waals surface area contributed by atoms with Crippen LogP contribution in [0.4, 0.5) is 0 Å². The van der Waals surface area contributed by atoms with Crippen molar-refractivity contribution in [2.45, 2.75) is 25.3 Å². The van der Waals surface area contributed by atoms with Crippen molar-refractivity contribution < 1.29 is 14.3 Å². The van der Waals surface area contributed by atoms with Gasteiger partial charge in [-0.15, -0.1) is 12.3 Å². The van der Waals surface area contributed by atoms with E-state index in [1.165, 1.54) is 13.4 Å². The number of aromatic nitrogens is 2. The van der Waals surface area contributed by atoms with Crippen LogP contribution in [0.3, 0.4) is 0 Å². The van der Waals surface area contributed by atoms with Crippen LogP contribution in [0.15, 0.2) is 12.5 Å². The van der Waals surface area contributed by atoms with Crippen molar-refractivity contribution in [1.29, 1.82) is 0 Å². The van der Waals surface area contributed by atoms with E-state index in [1.54, 1.807) is 6.20 Å². The molecule has 0 saturated carbocycles. The van der Waals surface area contributed by atoms with Crippen LogP contribution < -0.4 is 5.32 Å². The summed E-state index contributed by atoms with van der Waals surface area (Å²) in [6.07, 6.45) is 8.98. The molecule has 96 valence electrons. The van der Waals surface area contributed by atoms with Gasteiger partial charge in [-0.2, -0.15) is 0 Å². The molecule has 0 aliphatic rings. The predicted molar refractivity (Wildman–Crippen MR) is 64.3 cm³/mol. The number of terminal acetylenes is 1. The minimum Gasteiger partial charge on any atom is -0.467 e. The quantitative estimate of drug-likeness (QED) is 0.550. The fraction of sp³-hybridized carbons (Fsp3) is 0.417. The Kier molecular flexibility index (Phi) is 5.45. The summed E-state index contributed by atoms with van der Waals surface area (Å²) in [6.45, 7) is 0. The summed E-state index contributed by atoms with van der Waals surface area (Å²) < 4.78 is 4.64. The van der Waals surface area contributed by atoms with Gasteiger partial charge in [0.05, 0.1) is 13.4 Å². The lowest BCUT2D eigenvalue weighted by Crippen LogP contribution is -2.43. The summed E-state index contributed by atoms with van der Waals surface area (Å²) in [7, 11) is 1.27. The van der Waals surface area contributed by atoms with E-state index in [0.717, 1.165) is 5.69 Å². The molecule has 18 heavy (non-hydrogen) atoms. The number of hydrogen-bond donors (Lipinski definition) is 2. The number of imidazole rings is 1. The average molecular weight is 249 g/mol. The molecule has 0 spiro atoms. The fourth-order valence-electron chi connectivity index (χ4n) is 1.40. The van der Waals surface area contributed by atoms with Gasteiger partial charge in [-0.1, -0.05) is 0 Å². The SMILES string of the molecule is C#CCCC(=O)N[C@@H](Cc1cnc[nH]1)C(=O)OC. The summed E-state index contributed by atoms with van der Waals surface area (Å²) in [4.78, 5) is 29.8. The highest BCUT2D eigenvalue weighted by Gasteiger charge is 2.22. The molecule has 6 heteroatoms. The Morgan fingerprint density at radius 1 is 1.67 bits per heavy atom. The smallest absolute Gasteiger partial charge is 0.328 e. The van der Waals surface area contributed by atoms with Crippen LogP contribution in [-0.2, 0) is 20.7 Å². The van der Waals surface area contributed by atoms with Crippen molar-refractivity contribution in [3.63, 3.8) is 0 Å². The molecule has 0 aromatic carbocycles. The summed E-state index contributed by atoms with van der Waals surface area (Å²) in [5.41, 5.74) is 0.739. The summed E-state index contributed by atoms with van der Waals surface area (Å²) in [5.74, 6) is 1.59.